The summed E-state index contributed by atoms with van der Waals surface area (Å²) in [6, 6.07) is 144. The van der Waals surface area contributed by atoms with Gasteiger partial charge in [0.25, 0.3) is 0 Å². The van der Waals surface area contributed by atoms with Gasteiger partial charge in [0.05, 0.1) is 0 Å². The Balaban J connectivity index is 0.000000137. The second-order valence-electron chi connectivity index (χ2n) is 29.7. The van der Waals surface area contributed by atoms with Crippen LogP contribution in [0.5, 0.6) is 0 Å². The molecule has 22 aromatic carbocycles. The first-order valence-corrected chi connectivity index (χ1v) is 37.4. The lowest BCUT2D eigenvalue weighted by molar-refractivity contribution is 0.641. The number of hydrogen-bond donors (Lipinski definition) is 0. The molecule has 0 radical (unpaired) electrons. The van der Waals surface area contributed by atoms with Crippen molar-refractivity contribution in [3.05, 3.63) is 399 Å². The van der Waals surface area contributed by atoms with E-state index in [1.54, 1.807) is 0 Å². The summed E-state index contributed by atoms with van der Waals surface area (Å²) in [4.78, 5) is 0. The van der Waals surface area contributed by atoms with Crippen LogP contribution in [-0.2, 0) is 5.41 Å². The largest absolute Gasteiger partial charge is 0.0622 e. The Morgan fingerprint density at radius 3 is 0.981 bits per heavy atom. The lowest BCUT2D eigenvalue weighted by Crippen LogP contribution is -2.18. The van der Waals surface area contributed by atoms with Gasteiger partial charge in [0.15, 0.2) is 0 Å². The predicted molar refractivity (Wildman–Crippen MR) is 463 cm³/mol. The fourth-order valence-electron chi connectivity index (χ4n) is 18.2. The second kappa shape index (κ2) is 24.8. The summed E-state index contributed by atoms with van der Waals surface area (Å²) in [5.41, 5.74) is 17.6. The van der Waals surface area contributed by atoms with Gasteiger partial charge in [-0.3, -0.25) is 0 Å². The molecule has 0 aliphatic heterocycles. The summed E-state index contributed by atoms with van der Waals surface area (Å²) >= 11 is 0. The van der Waals surface area contributed by atoms with Gasteiger partial charge in [-0.2, -0.15) is 0 Å². The van der Waals surface area contributed by atoms with Crippen molar-refractivity contribution in [3.63, 3.8) is 0 Å². The molecule has 0 bridgehead atoms. The number of hydrogen-bond acceptors (Lipinski definition) is 0. The Morgan fingerprint density at radius 1 is 0.150 bits per heavy atom. The van der Waals surface area contributed by atoms with E-state index in [2.05, 4.69) is 402 Å². The van der Waals surface area contributed by atoms with Crippen LogP contribution in [0.2, 0.25) is 0 Å². The van der Waals surface area contributed by atoms with E-state index in [4.69, 9.17) is 0 Å². The van der Waals surface area contributed by atoms with Crippen LogP contribution in [0.25, 0.3) is 207 Å². The topological polar surface area (TPSA) is 0 Å². The van der Waals surface area contributed by atoms with Crippen molar-refractivity contribution >= 4 is 140 Å². The van der Waals surface area contributed by atoms with Crippen LogP contribution in [0.4, 0.5) is 0 Å². The third kappa shape index (κ3) is 10.1. The number of rotatable bonds is 8. The zero-order valence-electron chi connectivity index (χ0n) is 59.5. The van der Waals surface area contributed by atoms with Gasteiger partial charge in [-0.1, -0.05) is 366 Å². The van der Waals surface area contributed by atoms with Crippen molar-refractivity contribution in [2.75, 3.05) is 0 Å². The normalized spacial score (nSPS) is 12.0. The van der Waals surface area contributed by atoms with Crippen molar-refractivity contribution in [3.8, 4) is 66.8 Å². The number of fused-ring (bicyclic) bond motifs is 12. The summed E-state index contributed by atoms with van der Waals surface area (Å²) in [5, 5.41) is 33.4. The van der Waals surface area contributed by atoms with Crippen LogP contribution in [0.1, 0.15) is 25.0 Å². The highest BCUT2D eigenvalue weighted by Crippen LogP contribution is 2.50. The van der Waals surface area contributed by atoms with Gasteiger partial charge in [0, 0.05) is 5.41 Å². The minimum absolute atomic E-state index is 0.0766. The first-order chi connectivity index (χ1) is 52.8. The van der Waals surface area contributed by atoms with Gasteiger partial charge in [-0.25, -0.2) is 0 Å². The maximum Gasteiger partial charge on any atom is 0.0146 e. The molecule has 0 N–H and O–H groups in total. The first-order valence-electron chi connectivity index (χ1n) is 37.4. The summed E-state index contributed by atoms with van der Waals surface area (Å²) in [7, 11) is 0. The molecular formula is C107H70. The number of benzene rings is 22. The molecule has 107 heavy (non-hydrogen) atoms. The van der Waals surface area contributed by atoms with Gasteiger partial charge in [-0.05, 0) is 254 Å². The Hall–Kier alpha value is -13.5. The van der Waals surface area contributed by atoms with Crippen molar-refractivity contribution < 1.29 is 0 Å². The van der Waals surface area contributed by atoms with E-state index >= 15 is 0 Å². The van der Waals surface area contributed by atoms with Crippen LogP contribution in [0.3, 0.4) is 0 Å². The SMILES string of the molecule is CC(C)(c1ccccc1)c1ccc(-c2cccc(-c3c4ccccc4c(-c4cccc5c4ccc4cc6ccccc6cc45)c4ccccc34)c2)cc1.c1cc(-c2c3ccccc3c(-c3cccc4c3ccc3cc5ccccc5cc34)c3ccccc23)cc(-c2ccc3ccc4cccc5ccc2c3c45)c1. The molecule has 0 aliphatic rings. The van der Waals surface area contributed by atoms with Crippen molar-refractivity contribution in [2.45, 2.75) is 19.3 Å². The summed E-state index contributed by atoms with van der Waals surface area (Å²) in [6.45, 7) is 4.61. The lowest BCUT2D eigenvalue weighted by Gasteiger charge is -2.26. The van der Waals surface area contributed by atoms with E-state index in [1.165, 1.54) is 218 Å². The van der Waals surface area contributed by atoms with E-state index < -0.39 is 0 Å². The van der Waals surface area contributed by atoms with E-state index in [9.17, 15) is 0 Å². The Bertz CT molecular complexity index is 7250. The first kappa shape index (κ1) is 62.1. The van der Waals surface area contributed by atoms with E-state index in [0.29, 0.717) is 0 Å². The average Bonchev–Trinajstić information content (AvgIpc) is 0.731. The highest BCUT2D eigenvalue weighted by Gasteiger charge is 2.25. The fraction of sp³-hybridized carbons (Fsp3) is 0.0280. The molecule has 0 nitrogen and oxygen atoms in total. The Morgan fingerprint density at radius 2 is 0.486 bits per heavy atom. The molecule has 0 heteroatoms. The Labute approximate surface area is 621 Å². The lowest BCUT2D eigenvalue weighted by atomic mass is 9.78. The minimum Gasteiger partial charge on any atom is -0.0622 e. The van der Waals surface area contributed by atoms with Gasteiger partial charge in [-0.15, -0.1) is 0 Å². The van der Waals surface area contributed by atoms with E-state index in [0.717, 1.165) is 0 Å². The van der Waals surface area contributed by atoms with Gasteiger partial charge >= 0.3 is 0 Å². The zero-order chi connectivity index (χ0) is 70.8. The van der Waals surface area contributed by atoms with E-state index in [-0.39, 0.29) is 5.41 Å². The van der Waals surface area contributed by atoms with Crippen LogP contribution in [0, 0.1) is 0 Å². The highest BCUT2D eigenvalue weighted by atomic mass is 14.3. The molecule has 0 aromatic heterocycles. The molecule has 0 saturated heterocycles. The molecule has 0 spiro atoms. The van der Waals surface area contributed by atoms with Crippen molar-refractivity contribution in [1.82, 2.24) is 0 Å². The standard InChI is InChI=1S/C54H32.C53H38/c1-2-11-37-32-50-39(30-36(37)10-1)26-28-43-42(50)20-9-21-44(43)54-47-18-5-3-16-45(47)52(46-17-4-6-19-48(46)54)40-15-8-14-38(31-40)41-27-24-35-23-22-33-12-7-13-34-25-29-49(41)53(35)51(33)34;1-53(2,41-18-4-3-5-19-41)42-29-26-35(27-30-42)36-16-12-17-40(33-36)51-46-20-8-10-22-48(46)52(49-23-11-9-21-47(49)51)45-25-13-24-43-44(45)31-28-39-32-37-14-6-7-15-38(37)34-50(39)43/h1-32H;3-34H,1-2H3. The molecule has 0 saturated carbocycles. The Kier molecular flexibility index (Phi) is 14.4. The third-order valence-corrected chi connectivity index (χ3v) is 23.5. The third-order valence-electron chi connectivity index (χ3n) is 23.5. The molecule has 0 amide bonds. The average molecular weight is 1360 g/mol. The van der Waals surface area contributed by atoms with E-state index in [1.807, 2.05) is 0 Å². The quantitative estimate of drug-likeness (QED) is 0.105. The molecule has 0 atom stereocenters. The second-order valence-corrected chi connectivity index (χ2v) is 29.7. The maximum absolute atomic E-state index is 2.41. The molecule has 0 fully saturated rings. The zero-order valence-corrected chi connectivity index (χ0v) is 59.5. The fourth-order valence-corrected chi connectivity index (χ4v) is 18.2. The molecule has 0 aliphatic carbocycles. The van der Waals surface area contributed by atoms with Gasteiger partial charge in [0.2, 0.25) is 0 Å². The smallest absolute Gasteiger partial charge is 0.0146 e. The molecule has 22 rings (SSSR count). The van der Waals surface area contributed by atoms with Crippen LogP contribution >= 0.6 is 0 Å². The van der Waals surface area contributed by atoms with Gasteiger partial charge in [0.1, 0.15) is 0 Å². The van der Waals surface area contributed by atoms with Crippen LogP contribution in [0.15, 0.2) is 388 Å². The molecule has 0 unspecified atom stereocenters. The highest BCUT2D eigenvalue weighted by molar-refractivity contribution is 6.29. The predicted octanol–water partition coefficient (Wildman–Crippen LogP) is 30.1. The molecule has 498 valence electrons. The van der Waals surface area contributed by atoms with Gasteiger partial charge < -0.3 is 0 Å². The van der Waals surface area contributed by atoms with Crippen molar-refractivity contribution in [1.29, 1.82) is 0 Å². The monoisotopic (exact) mass is 1350 g/mol. The minimum atomic E-state index is -0.0766. The molecular weight excluding hydrogens is 1290 g/mol. The summed E-state index contributed by atoms with van der Waals surface area (Å²) in [6.07, 6.45) is 0. The summed E-state index contributed by atoms with van der Waals surface area (Å²) in [5.74, 6) is 0. The summed E-state index contributed by atoms with van der Waals surface area (Å²) < 4.78 is 0. The van der Waals surface area contributed by atoms with Crippen LogP contribution < -0.4 is 0 Å². The molecule has 22 aromatic rings. The van der Waals surface area contributed by atoms with Crippen molar-refractivity contribution in [2.24, 2.45) is 0 Å². The molecule has 0 heterocycles. The maximum atomic E-state index is 2.41. The van der Waals surface area contributed by atoms with Crippen LogP contribution in [-0.4, -0.2) is 0 Å².